The Morgan fingerprint density at radius 3 is 2.78 bits per heavy atom. The summed E-state index contributed by atoms with van der Waals surface area (Å²) in [4.78, 5) is 18.8. The number of imidazole rings is 1. The maximum absolute atomic E-state index is 11.1. The number of benzene rings is 1. The Labute approximate surface area is 105 Å². The topological polar surface area (TPSA) is 78.0 Å². The zero-order valence-electron chi connectivity index (χ0n) is 10.7. The summed E-state index contributed by atoms with van der Waals surface area (Å²) in [5, 5.41) is 11.3. The number of rotatable bonds is 2. The van der Waals surface area contributed by atoms with Crippen LogP contribution in [-0.2, 0) is 10.2 Å². The van der Waals surface area contributed by atoms with E-state index in [0.717, 1.165) is 16.9 Å². The third-order valence-electron chi connectivity index (χ3n) is 2.62. The van der Waals surface area contributed by atoms with Gasteiger partial charge in [0.25, 0.3) is 0 Å². The van der Waals surface area contributed by atoms with Crippen LogP contribution in [0.4, 0.5) is 5.69 Å². The number of aliphatic hydroxyl groups is 1. The van der Waals surface area contributed by atoms with Crippen LogP contribution in [0.2, 0.25) is 0 Å². The van der Waals surface area contributed by atoms with Crippen LogP contribution in [0.1, 0.15) is 26.6 Å². The van der Waals surface area contributed by atoms with Gasteiger partial charge in [0, 0.05) is 11.1 Å². The number of carbonyl (C=O) groups is 1. The number of nitrogens with one attached hydrogen (secondary N) is 2. The van der Waals surface area contributed by atoms with Crippen LogP contribution in [-0.4, -0.2) is 27.6 Å². The Bertz CT molecular complexity index is 581. The smallest absolute Gasteiger partial charge is 0.250 e. The highest BCUT2D eigenvalue weighted by atomic mass is 16.3. The number of hydrogen-bond acceptors (Lipinski definition) is 3. The average Bonchev–Trinajstić information content (AvgIpc) is 2.71. The Morgan fingerprint density at radius 1 is 1.44 bits per heavy atom. The summed E-state index contributed by atoms with van der Waals surface area (Å²) < 4.78 is 0. The SMILES string of the molecule is CC(C)(C)c1nc2ccc(NC(=O)CO)cc2[nH]1. The van der Waals surface area contributed by atoms with E-state index < -0.39 is 12.5 Å². The minimum atomic E-state index is -0.520. The molecule has 0 aliphatic heterocycles. The van der Waals surface area contributed by atoms with E-state index in [1.165, 1.54) is 0 Å². The zero-order valence-corrected chi connectivity index (χ0v) is 10.7. The molecule has 0 unspecified atom stereocenters. The lowest BCUT2D eigenvalue weighted by Crippen LogP contribution is -2.15. The Morgan fingerprint density at radius 2 is 2.17 bits per heavy atom. The highest BCUT2D eigenvalue weighted by Gasteiger charge is 2.18. The van der Waals surface area contributed by atoms with Crippen molar-refractivity contribution in [2.75, 3.05) is 11.9 Å². The van der Waals surface area contributed by atoms with Crippen molar-refractivity contribution in [1.82, 2.24) is 9.97 Å². The van der Waals surface area contributed by atoms with E-state index in [2.05, 4.69) is 36.1 Å². The van der Waals surface area contributed by atoms with Crippen LogP contribution in [0.25, 0.3) is 11.0 Å². The van der Waals surface area contributed by atoms with Crippen LogP contribution in [0.5, 0.6) is 0 Å². The summed E-state index contributed by atoms with van der Waals surface area (Å²) in [6.45, 7) is 5.73. The molecule has 1 heterocycles. The summed E-state index contributed by atoms with van der Waals surface area (Å²) in [5.41, 5.74) is 2.33. The van der Waals surface area contributed by atoms with E-state index >= 15 is 0 Å². The van der Waals surface area contributed by atoms with Gasteiger partial charge in [0.05, 0.1) is 11.0 Å². The summed E-state index contributed by atoms with van der Waals surface area (Å²) in [7, 11) is 0. The lowest BCUT2D eigenvalue weighted by atomic mass is 9.96. The molecule has 0 saturated heterocycles. The molecule has 0 aliphatic rings. The molecule has 0 fully saturated rings. The molecule has 0 saturated carbocycles. The summed E-state index contributed by atoms with van der Waals surface area (Å²) in [5.74, 6) is 0.480. The van der Waals surface area contributed by atoms with E-state index in [4.69, 9.17) is 5.11 Å². The second-order valence-electron chi connectivity index (χ2n) is 5.27. The molecule has 1 aromatic heterocycles. The van der Waals surface area contributed by atoms with Crippen molar-refractivity contribution >= 4 is 22.6 Å². The quantitative estimate of drug-likeness (QED) is 0.757. The lowest BCUT2D eigenvalue weighted by molar-refractivity contribution is -0.118. The van der Waals surface area contributed by atoms with Crippen molar-refractivity contribution in [3.05, 3.63) is 24.0 Å². The highest BCUT2D eigenvalue weighted by Crippen LogP contribution is 2.24. The molecule has 96 valence electrons. The van der Waals surface area contributed by atoms with E-state index in [-0.39, 0.29) is 5.41 Å². The van der Waals surface area contributed by atoms with Crippen molar-refractivity contribution in [3.63, 3.8) is 0 Å². The second-order valence-corrected chi connectivity index (χ2v) is 5.27. The first-order valence-corrected chi connectivity index (χ1v) is 5.81. The summed E-state index contributed by atoms with van der Waals surface area (Å²) >= 11 is 0. The molecule has 0 bridgehead atoms. The van der Waals surface area contributed by atoms with Crippen molar-refractivity contribution in [1.29, 1.82) is 0 Å². The van der Waals surface area contributed by atoms with Gasteiger partial charge >= 0.3 is 0 Å². The van der Waals surface area contributed by atoms with Crippen LogP contribution >= 0.6 is 0 Å². The molecule has 5 heteroatoms. The standard InChI is InChI=1S/C13H17N3O2/c1-13(2,3)12-15-9-5-4-8(6-10(9)16-12)14-11(18)7-17/h4-6,17H,7H2,1-3H3,(H,14,18)(H,15,16). The monoisotopic (exact) mass is 247 g/mol. The molecule has 2 rings (SSSR count). The molecule has 1 aromatic carbocycles. The van der Waals surface area contributed by atoms with E-state index in [0.29, 0.717) is 5.69 Å². The Hall–Kier alpha value is -1.88. The van der Waals surface area contributed by atoms with Gasteiger partial charge in [-0.1, -0.05) is 20.8 Å². The van der Waals surface area contributed by atoms with Crippen LogP contribution < -0.4 is 5.32 Å². The molecular weight excluding hydrogens is 230 g/mol. The molecule has 0 atom stereocenters. The molecule has 1 amide bonds. The second kappa shape index (κ2) is 4.42. The summed E-state index contributed by atoms with van der Waals surface area (Å²) in [6.07, 6.45) is 0. The summed E-state index contributed by atoms with van der Waals surface area (Å²) in [6, 6.07) is 5.42. The molecule has 3 N–H and O–H groups in total. The highest BCUT2D eigenvalue weighted by molar-refractivity contribution is 5.93. The average molecular weight is 247 g/mol. The first-order chi connectivity index (χ1) is 8.40. The molecule has 18 heavy (non-hydrogen) atoms. The van der Waals surface area contributed by atoms with Crippen molar-refractivity contribution in [2.45, 2.75) is 26.2 Å². The maximum Gasteiger partial charge on any atom is 0.250 e. The van der Waals surface area contributed by atoms with Crippen LogP contribution in [0, 0.1) is 0 Å². The van der Waals surface area contributed by atoms with Gasteiger partial charge in [-0.3, -0.25) is 4.79 Å². The molecule has 5 nitrogen and oxygen atoms in total. The fourth-order valence-electron chi connectivity index (χ4n) is 1.64. The number of aromatic nitrogens is 2. The third kappa shape index (κ3) is 2.51. The van der Waals surface area contributed by atoms with Crippen molar-refractivity contribution < 1.29 is 9.90 Å². The molecule has 0 aliphatic carbocycles. The number of carbonyl (C=O) groups excluding carboxylic acids is 1. The number of amides is 1. The van der Waals surface area contributed by atoms with E-state index in [9.17, 15) is 4.79 Å². The number of aromatic amines is 1. The van der Waals surface area contributed by atoms with Gasteiger partial charge in [0.1, 0.15) is 12.4 Å². The predicted molar refractivity (Wildman–Crippen MR) is 70.5 cm³/mol. The lowest BCUT2D eigenvalue weighted by Gasteiger charge is -2.13. The zero-order chi connectivity index (χ0) is 13.3. The number of fused-ring (bicyclic) bond motifs is 1. The van der Waals surface area contributed by atoms with Gasteiger partial charge in [-0.2, -0.15) is 0 Å². The van der Waals surface area contributed by atoms with Gasteiger partial charge in [-0.15, -0.1) is 0 Å². The normalized spacial score (nSPS) is 11.8. The Balaban J connectivity index is 2.37. The first-order valence-electron chi connectivity index (χ1n) is 5.81. The first kappa shape index (κ1) is 12.6. The number of aliphatic hydroxyl groups excluding tert-OH is 1. The minimum absolute atomic E-state index is 0.0481. The number of nitrogens with zero attached hydrogens (tertiary/aromatic N) is 1. The predicted octanol–water partition coefficient (Wildman–Crippen LogP) is 1.79. The van der Waals surface area contributed by atoms with Gasteiger partial charge < -0.3 is 15.4 Å². The molecule has 2 aromatic rings. The largest absolute Gasteiger partial charge is 0.387 e. The van der Waals surface area contributed by atoms with E-state index in [1.54, 1.807) is 6.07 Å². The molecular formula is C13H17N3O2. The van der Waals surface area contributed by atoms with Crippen LogP contribution in [0.3, 0.4) is 0 Å². The van der Waals surface area contributed by atoms with Gasteiger partial charge in [0.15, 0.2) is 0 Å². The maximum atomic E-state index is 11.1. The third-order valence-corrected chi connectivity index (χ3v) is 2.62. The fourth-order valence-corrected chi connectivity index (χ4v) is 1.64. The fraction of sp³-hybridized carbons (Fsp3) is 0.385. The van der Waals surface area contributed by atoms with Crippen molar-refractivity contribution in [3.8, 4) is 0 Å². The molecule has 0 radical (unpaired) electrons. The van der Waals surface area contributed by atoms with Gasteiger partial charge in [-0.05, 0) is 18.2 Å². The Kier molecular flexibility index (Phi) is 3.09. The van der Waals surface area contributed by atoms with E-state index in [1.807, 2.05) is 12.1 Å². The molecule has 0 spiro atoms. The van der Waals surface area contributed by atoms with Crippen molar-refractivity contribution in [2.24, 2.45) is 0 Å². The van der Waals surface area contributed by atoms with Gasteiger partial charge in [-0.25, -0.2) is 4.98 Å². The number of H-pyrrole nitrogens is 1. The minimum Gasteiger partial charge on any atom is -0.387 e. The van der Waals surface area contributed by atoms with Crippen LogP contribution in [0.15, 0.2) is 18.2 Å². The van der Waals surface area contributed by atoms with Gasteiger partial charge in [0.2, 0.25) is 5.91 Å². The number of anilines is 1. The number of hydrogen-bond donors (Lipinski definition) is 3.